The Hall–Kier alpha value is -0.790. The molecule has 0 aromatic heterocycles. The van der Waals surface area contributed by atoms with Crippen LogP contribution in [0.3, 0.4) is 0 Å². The van der Waals surface area contributed by atoms with Gasteiger partial charge in [0.2, 0.25) is 0 Å². The molecule has 2 nitrogen and oxygen atoms in total. The summed E-state index contributed by atoms with van der Waals surface area (Å²) in [4.78, 5) is 11.0. The van der Waals surface area contributed by atoms with Gasteiger partial charge in [-0.25, -0.2) is 0 Å². The van der Waals surface area contributed by atoms with Gasteiger partial charge in [0.1, 0.15) is 0 Å². The van der Waals surface area contributed by atoms with E-state index in [1.54, 1.807) is 6.08 Å². The van der Waals surface area contributed by atoms with Gasteiger partial charge in [-0.1, -0.05) is 32.3 Å². The van der Waals surface area contributed by atoms with Crippen molar-refractivity contribution in [3.8, 4) is 0 Å². The highest BCUT2D eigenvalue weighted by Crippen LogP contribution is 2.03. The van der Waals surface area contributed by atoms with E-state index in [1.807, 2.05) is 0 Å². The second-order valence-electron chi connectivity index (χ2n) is 3.11. The van der Waals surface area contributed by atoms with Crippen LogP contribution in [0, 0.1) is 0 Å². The van der Waals surface area contributed by atoms with Gasteiger partial charge in [0.05, 0.1) is 6.61 Å². The minimum atomic E-state index is -0.0713. The summed E-state index contributed by atoms with van der Waals surface area (Å²) in [6.07, 6.45) is 7.57. The number of unbranched alkanes of at least 4 members (excludes halogenated alkanes) is 3. The van der Waals surface area contributed by atoms with Crippen LogP contribution in [0.5, 0.6) is 0 Å². The summed E-state index contributed by atoms with van der Waals surface area (Å²) in [5.74, 6) is -0.0713. The standard InChI is InChI=1S/C11H20O2/c1-3-5-7-8-9-11(12)13-10-6-4-2/h4H,2-3,5-10H2,1H3. The number of carbonyl (C=O) groups is 1. The number of hydrogen-bond acceptors (Lipinski definition) is 2. The first-order chi connectivity index (χ1) is 6.31. The molecule has 0 aliphatic heterocycles. The molecule has 0 spiro atoms. The van der Waals surface area contributed by atoms with E-state index in [9.17, 15) is 4.79 Å². The van der Waals surface area contributed by atoms with E-state index >= 15 is 0 Å². The zero-order chi connectivity index (χ0) is 9.94. The summed E-state index contributed by atoms with van der Waals surface area (Å²) in [6.45, 7) is 6.19. The normalized spacial score (nSPS) is 9.62. The average molecular weight is 184 g/mol. The van der Waals surface area contributed by atoms with Gasteiger partial charge in [0.15, 0.2) is 0 Å². The monoisotopic (exact) mass is 184 g/mol. The molecule has 0 N–H and O–H groups in total. The third-order valence-electron chi connectivity index (χ3n) is 1.82. The fraction of sp³-hybridized carbons (Fsp3) is 0.727. The largest absolute Gasteiger partial charge is 0.465 e. The maximum absolute atomic E-state index is 11.0. The van der Waals surface area contributed by atoms with E-state index < -0.39 is 0 Å². The Morgan fingerprint density at radius 1 is 1.38 bits per heavy atom. The van der Waals surface area contributed by atoms with E-state index in [4.69, 9.17) is 4.74 Å². The van der Waals surface area contributed by atoms with E-state index in [0.29, 0.717) is 13.0 Å². The van der Waals surface area contributed by atoms with Gasteiger partial charge < -0.3 is 4.74 Å². The quantitative estimate of drug-likeness (QED) is 0.329. The van der Waals surface area contributed by atoms with Crippen LogP contribution < -0.4 is 0 Å². The highest BCUT2D eigenvalue weighted by atomic mass is 16.5. The molecule has 2 heteroatoms. The highest BCUT2D eigenvalue weighted by molar-refractivity contribution is 5.69. The maximum Gasteiger partial charge on any atom is 0.305 e. The van der Waals surface area contributed by atoms with Gasteiger partial charge in [-0.05, 0) is 12.8 Å². The Morgan fingerprint density at radius 2 is 2.15 bits per heavy atom. The minimum absolute atomic E-state index is 0.0713. The van der Waals surface area contributed by atoms with E-state index in [2.05, 4.69) is 13.5 Å². The number of ether oxygens (including phenoxy) is 1. The first-order valence-electron chi connectivity index (χ1n) is 5.07. The molecular weight excluding hydrogens is 164 g/mol. The molecule has 0 atom stereocenters. The smallest absolute Gasteiger partial charge is 0.305 e. The third kappa shape index (κ3) is 9.12. The van der Waals surface area contributed by atoms with Crippen LogP contribution in [0.4, 0.5) is 0 Å². The van der Waals surface area contributed by atoms with Gasteiger partial charge in [-0.15, -0.1) is 6.58 Å². The molecule has 0 aliphatic carbocycles. The fourth-order valence-corrected chi connectivity index (χ4v) is 1.02. The van der Waals surface area contributed by atoms with Crippen LogP contribution in [-0.2, 0) is 9.53 Å². The number of esters is 1. The molecule has 0 unspecified atom stereocenters. The Kier molecular flexibility index (Phi) is 8.73. The van der Waals surface area contributed by atoms with Gasteiger partial charge in [-0.2, -0.15) is 0 Å². The lowest BCUT2D eigenvalue weighted by atomic mass is 10.2. The number of hydrogen-bond donors (Lipinski definition) is 0. The van der Waals surface area contributed by atoms with Crippen LogP contribution >= 0.6 is 0 Å². The summed E-state index contributed by atoms with van der Waals surface area (Å²) in [5, 5.41) is 0. The SMILES string of the molecule is C=CCCOC(=O)CCCCCC. The summed E-state index contributed by atoms with van der Waals surface area (Å²) < 4.78 is 4.95. The summed E-state index contributed by atoms with van der Waals surface area (Å²) >= 11 is 0. The molecule has 0 aromatic rings. The zero-order valence-electron chi connectivity index (χ0n) is 8.55. The van der Waals surface area contributed by atoms with Gasteiger partial charge in [-0.3, -0.25) is 4.79 Å². The first kappa shape index (κ1) is 12.2. The van der Waals surface area contributed by atoms with Crippen molar-refractivity contribution >= 4 is 5.97 Å². The van der Waals surface area contributed by atoms with Crippen LogP contribution in [0.2, 0.25) is 0 Å². The van der Waals surface area contributed by atoms with Crippen LogP contribution in [-0.4, -0.2) is 12.6 Å². The van der Waals surface area contributed by atoms with Crippen molar-refractivity contribution < 1.29 is 9.53 Å². The van der Waals surface area contributed by atoms with E-state index in [-0.39, 0.29) is 5.97 Å². The maximum atomic E-state index is 11.0. The van der Waals surface area contributed by atoms with Crippen molar-refractivity contribution in [1.82, 2.24) is 0 Å². The van der Waals surface area contributed by atoms with Crippen molar-refractivity contribution in [3.05, 3.63) is 12.7 Å². The molecule has 0 radical (unpaired) electrons. The fourth-order valence-electron chi connectivity index (χ4n) is 1.02. The van der Waals surface area contributed by atoms with Crippen molar-refractivity contribution in [3.63, 3.8) is 0 Å². The number of carbonyl (C=O) groups excluding carboxylic acids is 1. The van der Waals surface area contributed by atoms with Crippen LogP contribution in [0.1, 0.15) is 45.4 Å². The zero-order valence-corrected chi connectivity index (χ0v) is 8.55. The molecule has 0 aromatic carbocycles. The van der Waals surface area contributed by atoms with Gasteiger partial charge in [0.25, 0.3) is 0 Å². The van der Waals surface area contributed by atoms with Crippen LogP contribution in [0.25, 0.3) is 0 Å². The molecule has 0 aliphatic rings. The predicted molar refractivity (Wildman–Crippen MR) is 54.5 cm³/mol. The molecule has 0 amide bonds. The second kappa shape index (κ2) is 9.30. The molecule has 76 valence electrons. The predicted octanol–water partition coefficient (Wildman–Crippen LogP) is 3.08. The van der Waals surface area contributed by atoms with E-state index in [1.165, 1.54) is 12.8 Å². The molecule has 0 bridgehead atoms. The minimum Gasteiger partial charge on any atom is -0.465 e. The van der Waals surface area contributed by atoms with Gasteiger partial charge in [0, 0.05) is 6.42 Å². The average Bonchev–Trinajstić information content (AvgIpc) is 2.13. The lowest BCUT2D eigenvalue weighted by Gasteiger charge is -2.02. The lowest BCUT2D eigenvalue weighted by molar-refractivity contribution is -0.143. The summed E-state index contributed by atoms with van der Waals surface area (Å²) in [6, 6.07) is 0. The highest BCUT2D eigenvalue weighted by Gasteiger charge is 2.00. The Balaban J connectivity index is 3.15. The van der Waals surface area contributed by atoms with Crippen molar-refractivity contribution in [2.24, 2.45) is 0 Å². The Labute approximate surface area is 81.0 Å². The molecule has 0 rings (SSSR count). The Morgan fingerprint density at radius 3 is 2.77 bits per heavy atom. The summed E-state index contributed by atoms with van der Waals surface area (Å²) in [5.41, 5.74) is 0. The molecule has 0 fully saturated rings. The van der Waals surface area contributed by atoms with Crippen molar-refractivity contribution in [2.75, 3.05) is 6.61 Å². The summed E-state index contributed by atoms with van der Waals surface area (Å²) in [7, 11) is 0. The van der Waals surface area contributed by atoms with Crippen molar-refractivity contribution in [1.29, 1.82) is 0 Å². The molecular formula is C11H20O2. The Bertz CT molecular complexity index is 141. The topological polar surface area (TPSA) is 26.3 Å². The molecule has 0 saturated carbocycles. The number of rotatable bonds is 8. The third-order valence-corrected chi connectivity index (χ3v) is 1.82. The van der Waals surface area contributed by atoms with Gasteiger partial charge >= 0.3 is 5.97 Å². The molecule has 0 saturated heterocycles. The first-order valence-corrected chi connectivity index (χ1v) is 5.07. The molecule has 13 heavy (non-hydrogen) atoms. The van der Waals surface area contributed by atoms with Crippen LogP contribution in [0.15, 0.2) is 12.7 Å². The van der Waals surface area contributed by atoms with Crippen molar-refractivity contribution in [2.45, 2.75) is 45.4 Å². The molecule has 0 heterocycles. The second-order valence-corrected chi connectivity index (χ2v) is 3.11. The van der Waals surface area contributed by atoms with E-state index in [0.717, 1.165) is 19.3 Å². The lowest BCUT2D eigenvalue weighted by Crippen LogP contribution is -2.04.